The molecule has 6 rings (SSSR count). The van der Waals surface area contributed by atoms with Crippen LogP contribution in [0.15, 0.2) is 30.3 Å². The average Bonchev–Trinajstić information content (AvgIpc) is 3.76. The average molecular weight is 578 g/mol. The molecule has 1 unspecified atom stereocenters. The molecular weight excluding hydrogens is 528 g/mol. The number of ether oxygens (including phenoxy) is 4. The highest BCUT2D eigenvalue weighted by Gasteiger charge is 2.44. The molecule has 228 valence electrons. The molecule has 3 aliphatic rings. The number of hydrogen-bond acceptors (Lipinski definition) is 6. The summed E-state index contributed by atoms with van der Waals surface area (Å²) in [7, 11) is 5.98. The van der Waals surface area contributed by atoms with Gasteiger partial charge in [-0.15, -0.1) is 0 Å². The molecule has 8 heteroatoms. The maximum Gasteiger partial charge on any atom is 0.182 e. The van der Waals surface area contributed by atoms with Crippen LogP contribution >= 0.6 is 0 Å². The van der Waals surface area contributed by atoms with Crippen molar-refractivity contribution < 1.29 is 18.9 Å². The van der Waals surface area contributed by atoms with E-state index in [-0.39, 0.29) is 0 Å². The van der Waals surface area contributed by atoms with Crippen molar-refractivity contribution in [3.05, 3.63) is 41.6 Å². The van der Waals surface area contributed by atoms with E-state index < -0.39 is 0 Å². The number of fused-ring (bicyclic) bond motifs is 1. The first-order valence-corrected chi connectivity index (χ1v) is 16.0. The monoisotopic (exact) mass is 577 g/mol. The van der Waals surface area contributed by atoms with Crippen LogP contribution < -0.4 is 14.0 Å². The van der Waals surface area contributed by atoms with Gasteiger partial charge in [0.05, 0.1) is 71.5 Å². The number of rotatable bonds is 12. The normalized spacial score (nSPS) is 20.1. The molecule has 1 aromatic carbocycles. The quantitative estimate of drug-likeness (QED) is 0.270. The number of methoxy groups -OCH3 is 2. The topological polar surface area (TPSA) is 57.5 Å². The second kappa shape index (κ2) is 12.9. The van der Waals surface area contributed by atoms with Crippen molar-refractivity contribution in [3.8, 4) is 22.8 Å². The third kappa shape index (κ3) is 5.91. The Hall–Kier alpha value is -2.65. The number of pyridine rings is 1. The first kappa shape index (κ1) is 29.4. The summed E-state index contributed by atoms with van der Waals surface area (Å²) >= 11 is 0. The van der Waals surface area contributed by atoms with E-state index >= 15 is 0 Å². The molecule has 1 saturated carbocycles. The van der Waals surface area contributed by atoms with Gasteiger partial charge in [-0.3, -0.25) is 9.38 Å². The zero-order valence-electron chi connectivity index (χ0n) is 26.1. The fraction of sp³-hybridized carbons (Fsp3) is 0.618. The van der Waals surface area contributed by atoms with Crippen molar-refractivity contribution in [2.45, 2.75) is 57.9 Å². The molecule has 8 nitrogen and oxygen atoms in total. The van der Waals surface area contributed by atoms with Gasteiger partial charge in [0, 0.05) is 31.8 Å². The van der Waals surface area contributed by atoms with E-state index in [2.05, 4.69) is 53.7 Å². The van der Waals surface area contributed by atoms with Crippen LogP contribution in [0, 0.1) is 5.92 Å². The Balaban J connectivity index is 1.38. The second-order valence-corrected chi connectivity index (χ2v) is 12.5. The molecule has 3 aromatic rings. The summed E-state index contributed by atoms with van der Waals surface area (Å²) in [6.45, 7) is 9.91. The number of hydrogen-bond donors (Lipinski definition) is 0. The Morgan fingerprint density at radius 2 is 1.64 bits per heavy atom. The summed E-state index contributed by atoms with van der Waals surface area (Å²) in [4.78, 5) is 2.49. The molecule has 0 bridgehead atoms. The molecule has 4 heterocycles. The highest BCUT2D eigenvalue weighted by Crippen LogP contribution is 2.45. The summed E-state index contributed by atoms with van der Waals surface area (Å²) in [6, 6.07) is 11.5. The minimum absolute atomic E-state index is 0.544. The molecule has 2 aliphatic heterocycles. The van der Waals surface area contributed by atoms with Crippen LogP contribution in [0.4, 0.5) is 5.69 Å². The smallest absolute Gasteiger partial charge is 0.182 e. The number of aryl methyl sites for hydroxylation is 2. The van der Waals surface area contributed by atoms with Gasteiger partial charge in [-0.25, -0.2) is 4.52 Å². The first-order chi connectivity index (χ1) is 20.6. The minimum Gasteiger partial charge on any atom is -0.496 e. The van der Waals surface area contributed by atoms with Gasteiger partial charge in [0.15, 0.2) is 5.69 Å². The van der Waals surface area contributed by atoms with Gasteiger partial charge in [0.1, 0.15) is 22.7 Å². The molecular formula is C34H49N4O4+. The summed E-state index contributed by atoms with van der Waals surface area (Å²) in [5.74, 6) is 2.47. The minimum atomic E-state index is 0.544. The van der Waals surface area contributed by atoms with Crippen LogP contribution in [0.1, 0.15) is 50.3 Å². The predicted molar refractivity (Wildman–Crippen MR) is 168 cm³/mol. The molecule has 1 atom stereocenters. The lowest BCUT2D eigenvalue weighted by Crippen LogP contribution is -2.57. The highest BCUT2D eigenvalue weighted by molar-refractivity contribution is 5.82. The number of benzene rings is 1. The number of nitrogens with zero attached hydrogens (tertiary/aromatic N) is 4. The van der Waals surface area contributed by atoms with Crippen molar-refractivity contribution in [1.82, 2.24) is 19.0 Å². The molecule has 0 N–H and O–H groups in total. The summed E-state index contributed by atoms with van der Waals surface area (Å²) < 4.78 is 26.5. The van der Waals surface area contributed by atoms with E-state index in [4.69, 9.17) is 24.0 Å². The standard InChI is InChI=1S/C34H49N4O4/c1-5-28-34(38(2,24-25-11-12-25)27-13-18-41-19-14-27)30-10-6-9-29(37(30)35-28)33-31(39-3)22-26(23-32(33)40-4)8-7-15-36-16-20-42-21-17-36/h6,9-10,22-23,25,27H,5,7-8,11-21,24H2,1-4H3/q+1. The fourth-order valence-corrected chi connectivity index (χ4v) is 7.30. The van der Waals surface area contributed by atoms with Crippen molar-refractivity contribution >= 4 is 11.2 Å². The lowest BCUT2D eigenvalue weighted by atomic mass is 10.00. The largest absolute Gasteiger partial charge is 0.496 e. The molecule has 2 saturated heterocycles. The Morgan fingerprint density at radius 1 is 0.952 bits per heavy atom. The second-order valence-electron chi connectivity index (χ2n) is 12.5. The molecule has 42 heavy (non-hydrogen) atoms. The fourth-order valence-electron chi connectivity index (χ4n) is 7.30. The van der Waals surface area contributed by atoms with Crippen LogP contribution in [0.2, 0.25) is 0 Å². The van der Waals surface area contributed by atoms with Gasteiger partial charge in [0.2, 0.25) is 0 Å². The van der Waals surface area contributed by atoms with Gasteiger partial charge in [-0.1, -0.05) is 13.0 Å². The van der Waals surface area contributed by atoms with E-state index in [0.717, 1.165) is 111 Å². The van der Waals surface area contributed by atoms with E-state index in [1.54, 1.807) is 14.2 Å². The van der Waals surface area contributed by atoms with E-state index in [1.165, 1.54) is 41.8 Å². The number of quaternary nitrogens is 1. The van der Waals surface area contributed by atoms with Crippen LogP contribution in [0.5, 0.6) is 11.5 Å². The zero-order valence-corrected chi connectivity index (χ0v) is 26.1. The van der Waals surface area contributed by atoms with E-state index in [0.29, 0.717) is 6.04 Å². The maximum atomic E-state index is 6.05. The van der Waals surface area contributed by atoms with Crippen molar-refractivity contribution in [3.63, 3.8) is 0 Å². The van der Waals surface area contributed by atoms with E-state index in [9.17, 15) is 0 Å². The van der Waals surface area contributed by atoms with Crippen LogP contribution in [0.25, 0.3) is 16.8 Å². The van der Waals surface area contributed by atoms with Gasteiger partial charge < -0.3 is 18.9 Å². The molecule has 1 aliphatic carbocycles. The van der Waals surface area contributed by atoms with Gasteiger partial charge in [-0.2, -0.15) is 5.10 Å². The summed E-state index contributed by atoms with van der Waals surface area (Å²) in [5.41, 5.74) is 6.97. The van der Waals surface area contributed by atoms with Crippen LogP contribution in [-0.2, 0) is 22.3 Å². The van der Waals surface area contributed by atoms with Crippen molar-refractivity contribution in [1.29, 1.82) is 0 Å². The summed E-state index contributed by atoms with van der Waals surface area (Å²) in [5, 5.41) is 5.31. The van der Waals surface area contributed by atoms with Gasteiger partial charge in [0.25, 0.3) is 0 Å². The lowest BCUT2D eigenvalue weighted by molar-refractivity contribution is 0.0374. The van der Waals surface area contributed by atoms with Crippen molar-refractivity contribution in [2.75, 3.05) is 73.9 Å². The Bertz CT molecular complexity index is 1330. The molecule has 3 fully saturated rings. The molecule has 0 spiro atoms. The van der Waals surface area contributed by atoms with Crippen molar-refractivity contribution in [2.24, 2.45) is 5.92 Å². The zero-order chi connectivity index (χ0) is 29.1. The highest BCUT2D eigenvalue weighted by atomic mass is 16.5. The predicted octanol–water partition coefficient (Wildman–Crippen LogP) is 5.37. The number of morpholine rings is 1. The Morgan fingerprint density at radius 3 is 2.29 bits per heavy atom. The Labute approximate surface area is 251 Å². The van der Waals surface area contributed by atoms with Gasteiger partial charge in [-0.05, 0) is 68.5 Å². The van der Waals surface area contributed by atoms with Crippen LogP contribution in [-0.4, -0.2) is 94.4 Å². The molecule has 0 radical (unpaired) electrons. The van der Waals surface area contributed by atoms with Crippen LogP contribution in [0.3, 0.4) is 0 Å². The third-order valence-corrected chi connectivity index (χ3v) is 9.74. The lowest BCUT2D eigenvalue weighted by Gasteiger charge is -2.43. The maximum absolute atomic E-state index is 6.05. The molecule has 2 aromatic heterocycles. The van der Waals surface area contributed by atoms with E-state index in [1.807, 2.05) is 0 Å². The SMILES string of the molecule is CCc1nn2c(-c3c(OC)cc(CCCN4CCOCC4)cc3OC)cccc2c1[N+](C)(CC1CC1)C1CCOCC1. The van der Waals surface area contributed by atoms with Gasteiger partial charge >= 0.3 is 0 Å². The first-order valence-electron chi connectivity index (χ1n) is 16.0. The molecule has 0 amide bonds. The number of aromatic nitrogens is 2. The Kier molecular flexibility index (Phi) is 9.05. The summed E-state index contributed by atoms with van der Waals surface area (Å²) in [6.07, 6.45) is 7.84. The third-order valence-electron chi connectivity index (χ3n) is 9.74.